The maximum atomic E-state index is 5.32. The summed E-state index contributed by atoms with van der Waals surface area (Å²) in [6, 6.07) is 0.0828. The molecule has 2 heterocycles. The highest BCUT2D eigenvalue weighted by atomic mass is 16.5. The molecule has 20 heavy (non-hydrogen) atoms. The zero-order valence-corrected chi connectivity index (χ0v) is 12.3. The van der Waals surface area contributed by atoms with E-state index in [1.807, 2.05) is 24.7 Å². The van der Waals surface area contributed by atoms with Gasteiger partial charge in [-0.3, -0.25) is 0 Å². The Labute approximate surface area is 119 Å². The van der Waals surface area contributed by atoms with Gasteiger partial charge in [0, 0.05) is 39.2 Å². The van der Waals surface area contributed by atoms with Crippen LogP contribution in [-0.2, 0) is 11.8 Å². The van der Waals surface area contributed by atoms with E-state index in [4.69, 9.17) is 4.74 Å². The molecule has 2 aromatic heterocycles. The Bertz CT molecular complexity index is 520. The summed E-state index contributed by atoms with van der Waals surface area (Å²) in [6.45, 7) is 6.45. The van der Waals surface area contributed by atoms with Crippen LogP contribution in [0.1, 0.15) is 32.1 Å². The highest BCUT2D eigenvalue weighted by Crippen LogP contribution is 2.19. The number of hydrogen-bond acceptors (Lipinski definition) is 5. The van der Waals surface area contributed by atoms with E-state index in [2.05, 4.69) is 32.0 Å². The van der Waals surface area contributed by atoms with E-state index in [9.17, 15) is 0 Å². The predicted molar refractivity (Wildman–Crippen MR) is 76.6 cm³/mol. The van der Waals surface area contributed by atoms with Crippen LogP contribution in [0.4, 0.5) is 5.95 Å². The Kier molecular flexibility index (Phi) is 5.11. The van der Waals surface area contributed by atoms with Crippen LogP contribution in [0.5, 0.6) is 0 Å². The summed E-state index contributed by atoms with van der Waals surface area (Å²) < 4.78 is 9.30. The topological polar surface area (TPSA) is 69.8 Å². The fourth-order valence-electron chi connectivity index (χ4n) is 2.08. The summed E-state index contributed by atoms with van der Waals surface area (Å²) in [5, 5.41) is 11.4. The fraction of sp³-hybridized carbons (Fsp3) is 0.615. The van der Waals surface area contributed by atoms with E-state index < -0.39 is 0 Å². The summed E-state index contributed by atoms with van der Waals surface area (Å²) in [4.78, 5) is 4.35. The summed E-state index contributed by atoms with van der Waals surface area (Å²) in [6.07, 6.45) is 6.40. The first-order valence-corrected chi connectivity index (χ1v) is 6.92. The third kappa shape index (κ3) is 3.36. The number of nitrogens with zero attached hydrogens (tertiary/aromatic N) is 5. The van der Waals surface area contributed by atoms with Crippen LogP contribution >= 0.6 is 0 Å². The Morgan fingerprint density at radius 1 is 1.45 bits per heavy atom. The number of anilines is 1. The second-order valence-electron chi connectivity index (χ2n) is 4.61. The van der Waals surface area contributed by atoms with E-state index in [1.54, 1.807) is 12.5 Å². The molecular weight excluding hydrogens is 256 g/mol. The highest BCUT2D eigenvalue weighted by Gasteiger charge is 2.16. The Morgan fingerprint density at radius 3 is 3.00 bits per heavy atom. The van der Waals surface area contributed by atoms with Gasteiger partial charge in [0.2, 0.25) is 5.95 Å². The van der Waals surface area contributed by atoms with Gasteiger partial charge in [0.25, 0.3) is 0 Å². The van der Waals surface area contributed by atoms with Crippen molar-refractivity contribution >= 4 is 5.95 Å². The Hall–Kier alpha value is -1.89. The standard InChI is InChI=1S/C13H22N6O/c1-4-20-9-5-6-14-13-15-7-8-19(13)11(2)12-17-16-10-18(12)3/h7-8,10-11H,4-6,9H2,1-3H3,(H,14,15). The molecule has 2 rings (SSSR count). The predicted octanol–water partition coefficient (Wildman–Crippen LogP) is 1.46. The molecule has 7 nitrogen and oxygen atoms in total. The number of rotatable bonds is 8. The molecule has 0 amide bonds. The zero-order valence-electron chi connectivity index (χ0n) is 12.3. The smallest absolute Gasteiger partial charge is 0.203 e. The maximum Gasteiger partial charge on any atom is 0.203 e. The van der Waals surface area contributed by atoms with Crippen molar-refractivity contribution in [2.45, 2.75) is 26.3 Å². The molecule has 0 radical (unpaired) electrons. The van der Waals surface area contributed by atoms with Crippen molar-refractivity contribution < 1.29 is 4.74 Å². The van der Waals surface area contributed by atoms with E-state index in [0.717, 1.165) is 38.0 Å². The van der Waals surface area contributed by atoms with Crippen molar-refractivity contribution in [1.82, 2.24) is 24.3 Å². The van der Waals surface area contributed by atoms with Crippen LogP contribution < -0.4 is 5.32 Å². The Balaban J connectivity index is 1.96. The minimum Gasteiger partial charge on any atom is -0.382 e. The summed E-state index contributed by atoms with van der Waals surface area (Å²) in [7, 11) is 1.94. The lowest BCUT2D eigenvalue weighted by Gasteiger charge is -2.16. The van der Waals surface area contributed by atoms with Gasteiger partial charge in [0.05, 0.1) is 6.04 Å². The van der Waals surface area contributed by atoms with Crippen molar-refractivity contribution in [3.8, 4) is 0 Å². The SMILES string of the molecule is CCOCCCNc1nccn1C(C)c1nncn1C. The van der Waals surface area contributed by atoms with Gasteiger partial charge < -0.3 is 19.2 Å². The molecule has 1 N–H and O–H groups in total. The van der Waals surface area contributed by atoms with Gasteiger partial charge in [0.1, 0.15) is 6.33 Å². The second kappa shape index (κ2) is 7.04. The van der Waals surface area contributed by atoms with Crippen LogP contribution in [0.2, 0.25) is 0 Å². The molecule has 0 aliphatic heterocycles. The van der Waals surface area contributed by atoms with Gasteiger partial charge >= 0.3 is 0 Å². The normalized spacial score (nSPS) is 12.6. The van der Waals surface area contributed by atoms with Crippen molar-refractivity contribution in [2.24, 2.45) is 7.05 Å². The molecule has 0 aliphatic carbocycles. The van der Waals surface area contributed by atoms with Crippen molar-refractivity contribution in [3.05, 3.63) is 24.5 Å². The molecule has 0 saturated carbocycles. The molecule has 1 atom stereocenters. The van der Waals surface area contributed by atoms with Crippen LogP contribution in [0.25, 0.3) is 0 Å². The van der Waals surface area contributed by atoms with E-state index in [-0.39, 0.29) is 6.04 Å². The molecule has 7 heteroatoms. The molecule has 0 fully saturated rings. The van der Waals surface area contributed by atoms with E-state index >= 15 is 0 Å². The molecule has 2 aromatic rings. The minimum atomic E-state index is 0.0828. The van der Waals surface area contributed by atoms with Crippen molar-refractivity contribution in [1.29, 1.82) is 0 Å². The maximum absolute atomic E-state index is 5.32. The van der Waals surface area contributed by atoms with Gasteiger partial charge in [-0.05, 0) is 20.3 Å². The fourth-order valence-corrected chi connectivity index (χ4v) is 2.08. The van der Waals surface area contributed by atoms with E-state index in [0.29, 0.717) is 0 Å². The molecule has 0 aliphatic rings. The molecule has 1 unspecified atom stereocenters. The molecule has 0 bridgehead atoms. The molecule has 0 saturated heterocycles. The number of ether oxygens (including phenoxy) is 1. The molecule has 110 valence electrons. The van der Waals surface area contributed by atoms with Crippen LogP contribution in [0, 0.1) is 0 Å². The summed E-state index contributed by atoms with van der Waals surface area (Å²) in [5.74, 6) is 1.75. The van der Waals surface area contributed by atoms with Gasteiger partial charge in [-0.25, -0.2) is 4.98 Å². The van der Waals surface area contributed by atoms with Crippen LogP contribution in [0.3, 0.4) is 0 Å². The number of aromatic nitrogens is 5. The van der Waals surface area contributed by atoms with Gasteiger partial charge in [-0.15, -0.1) is 10.2 Å². The molecule has 0 aromatic carbocycles. The highest BCUT2D eigenvalue weighted by molar-refractivity contribution is 5.27. The average molecular weight is 278 g/mol. The van der Waals surface area contributed by atoms with Gasteiger partial charge in [-0.1, -0.05) is 0 Å². The lowest BCUT2D eigenvalue weighted by molar-refractivity contribution is 0.147. The lowest BCUT2D eigenvalue weighted by Crippen LogP contribution is -2.16. The number of aryl methyl sites for hydroxylation is 1. The summed E-state index contributed by atoms with van der Waals surface area (Å²) in [5.41, 5.74) is 0. The number of hydrogen-bond donors (Lipinski definition) is 1. The quantitative estimate of drug-likeness (QED) is 0.740. The van der Waals surface area contributed by atoms with Crippen molar-refractivity contribution in [2.75, 3.05) is 25.1 Å². The first-order valence-electron chi connectivity index (χ1n) is 6.92. The largest absolute Gasteiger partial charge is 0.382 e. The average Bonchev–Trinajstić information content (AvgIpc) is 3.06. The molecule has 0 spiro atoms. The first-order chi connectivity index (χ1) is 9.74. The second-order valence-corrected chi connectivity index (χ2v) is 4.61. The monoisotopic (exact) mass is 278 g/mol. The lowest BCUT2D eigenvalue weighted by atomic mass is 10.3. The number of imidazole rings is 1. The van der Waals surface area contributed by atoms with Crippen molar-refractivity contribution in [3.63, 3.8) is 0 Å². The number of nitrogens with one attached hydrogen (secondary N) is 1. The van der Waals surface area contributed by atoms with Gasteiger partial charge in [-0.2, -0.15) is 0 Å². The Morgan fingerprint density at radius 2 is 2.30 bits per heavy atom. The zero-order chi connectivity index (χ0) is 14.4. The minimum absolute atomic E-state index is 0.0828. The first kappa shape index (κ1) is 14.5. The van der Waals surface area contributed by atoms with E-state index in [1.165, 1.54) is 0 Å². The third-order valence-corrected chi connectivity index (χ3v) is 3.16. The van der Waals surface area contributed by atoms with Gasteiger partial charge in [0.15, 0.2) is 5.82 Å². The van der Waals surface area contributed by atoms with Crippen LogP contribution in [0.15, 0.2) is 18.7 Å². The third-order valence-electron chi connectivity index (χ3n) is 3.16. The molecular formula is C13H22N6O. The summed E-state index contributed by atoms with van der Waals surface area (Å²) >= 11 is 0. The van der Waals surface area contributed by atoms with Crippen LogP contribution in [-0.4, -0.2) is 44.1 Å².